The number of nitrogens with zero attached hydrogens (tertiary/aromatic N) is 6. The van der Waals surface area contributed by atoms with Gasteiger partial charge in [-0.3, -0.25) is 4.79 Å². The molecule has 162 valence electrons. The van der Waals surface area contributed by atoms with E-state index in [0.717, 1.165) is 46.9 Å². The number of halogens is 1. The Morgan fingerprint density at radius 3 is 2.77 bits per heavy atom. The maximum absolute atomic E-state index is 13.5. The molecule has 7 nitrogen and oxygen atoms in total. The Labute approximate surface area is 185 Å². The molecule has 1 aliphatic heterocycles. The van der Waals surface area contributed by atoms with Crippen molar-refractivity contribution in [2.45, 2.75) is 32.1 Å². The van der Waals surface area contributed by atoms with Crippen LogP contribution in [0, 0.1) is 5.82 Å². The third-order valence-electron chi connectivity index (χ3n) is 5.54. The van der Waals surface area contributed by atoms with Crippen molar-refractivity contribution in [3.05, 3.63) is 52.5 Å². The fourth-order valence-electron chi connectivity index (χ4n) is 3.89. The summed E-state index contributed by atoms with van der Waals surface area (Å²) in [7, 11) is 3.80. The monoisotopic (exact) mass is 440 g/mol. The molecule has 0 saturated carbocycles. The van der Waals surface area contributed by atoms with Crippen LogP contribution in [0.15, 0.2) is 30.5 Å². The third kappa shape index (κ3) is 4.41. The van der Waals surface area contributed by atoms with Crippen LogP contribution in [-0.2, 0) is 6.42 Å². The molecule has 2 aromatic heterocycles. The summed E-state index contributed by atoms with van der Waals surface area (Å²) in [4.78, 5) is 26.8. The van der Waals surface area contributed by atoms with Crippen molar-refractivity contribution in [3.63, 3.8) is 0 Å². The molecule has 1 fully saturated rings. The lowest BCUT2D eigenvalue weighted by atomic mass is 9.89. The highest BCUT2D eigenvalue weighted by atomic mass is 32.1. The normalized spacial score (nSPS) is 16.4. The summed E-state index contributed by atoms with van der Waals surface area (Å²) in [6.07, 6.45) is 4.29. The Morgan fingerprint density at radius 2 is 2.06 bits per heavy atom. The van der Waals surface area contributed by atoms with Gasteiger partial charge in [-0.2, -0.15) is 0 Å². The smallest absolute Gasteiger partial charge is 0.267 e. The van der Waals surface area contributed by atoms with Crippen LogP contribution in [0.5, 0.6) is 0 Å². The van der Waals surface area contributed by atoms with Gasteiger partial charge in [0.2, 0.25) is 5.95 Å². The maximum atomic E-state index is 13.5. The lowest BCUT2D eigenvalue weighted by Crippen LogP contribution is -2.39. The lowest BCUT2D eigenvalue weighted by molar-refractivity contribution is 0.0709. The number of hydrogen-bond donors (Lipinski definition) is 0. The van der Waals surface area contributed by atoms with Gasteiger partial charge in [0.1, 0.15) is 10.7 Å². The van der Waals surface area contributed by atoms with Crippen LogP contribution < -0.4 is 4.90 Å². The molecule has 1 aromatic carbocycles. The Balaban J connectivity index is 1.68. The van der Waals surface area contributed by atoms with E-state index in [0.29, 0.717) is 30.3 Å². The summed E-state index contributed by atoms with van der Waals surface area (Å²) in [5, 5.41) is 4.08. The van der Waals surface area contributed by atoms with Crippen LogP contribution in [0.1, 0.15) is 46.7 Å². The summed E-state index contributed by atoms with van der Waals surface area (Å²) < 4.78 is 17.4. The standard InChI is InChI=1S/C22H25FN6OS/c1-4-18-20(31-27-26-18)21(30)29-11-5-6-15(13-29)19-17(12-24-22(25-19)28(2)3)14-7-9-16(23)10-8-14/h7-10,12,15H,4-6,11,13H2,1-3H3/t15-/m0/s1. The molecule has 3 heterocycles. The summed E-state index contributed by atoms with van der Waals surface area (Å²) >= 11 is 1.16. The summed E-state index contributed by atoms with van der Waals surface area (Å²) in [6, 6.07) is 6.38. The Hall–Kier alpha value is -2.94. The van der Waals surface area contributed by atoms with Gasteiger partial charge < -0.3 is 9.80 Å². The average molecular weight is 441 g/mol. The van der Waals surface area contributed by atoms with Gasteiger partial charge in [-0.1, -0.05) is 23.5 Å². The third-order valence-corrected chi connectivity index (χ3v) is 6.30. The minimum atomic E-state index is -0.282. The summed E-state index contributed by atoms with van der Waals surface area (Å²) in [5.74, 6) is 0.381. The van der Waals surface area contributed by atoms with Gasteiger partial charge in [-0.25, -0.2) is 14.4 Å². The van der Waals surface area contributed by atoms with Gasteiger partial charge in [0.05, 0.1) is 11.4 Å². The minimum absolute atomic E-state index is 0.0122. The van der Waals surface area contributed by atoms with E-state index in [1.54, 1.807) is 18.3 Å². The molecule has 1 amide bonds. The molecule has 1 saturated heterocycles. The second-order valence-electron chi connectivity index (χ2n) is 7.86. The van der Waals surface area contributed by atoms with E-state index in [2.05, 4.69) is 14.6 Å². The summed E-state index contributed by atoms with van der Waals surface area (Å²) in [5.41, 5.74) is 3.38. The van der Waals surface area contributed by atoms with Gasteiger partial charge in [0, 0.05) is 44.9 Å². The van der Waals surface area contributed by atoms with Crippen molar-refractivity contribution >= 4 is 23.4 Å². The molecule has 0 aliphatic carbocycles. The quantitative estimate of drug-likeness (QED) is 0.601. The first-order valence-electron chi connectivity index (χ1n) is 10.4. The van der Waals surface area contributed by atoms with E-state index in [1.807, 2.05) is 30.8 Å². The molecule has 4 rings (SSSR count). The fraction of sp³-hybridized carbons (Fsp3) is 0.409. The molecule has 0 spiro atoms. The van der Waals surface area contributed by atoms with Crippen molar-refractivity contribution in [3.8, 4) is 11.1 Å². The van der Waals surface area contributed by atoms with E-state index in [-0.39, 0.29) is 17.6 Å². The zero-order valence-corrected chi connectivity index (χ0v) is 18.7. The van der Waals surface area contributed by atoms with Gasteiger partial charge in [-0.05, 0) is 48.5 Å². The number of amides is 1. The molecule has 9 heteroatoms. The van der Waals surface area contributed by atoms with Crippen LogP contribution in [0.25, 0.3) is 11.1 Å². The number of carbonyl (C=O) groups is 1. The number of piperidine rings is 1. The van der Waals surface area contributed by atoms with Crippen molar-refractivity contribution < 1.29 is 9.18 Å². The maximum Gasteiger partial charge on any atom is 0.267 e. The second kappa shape index (κ2) is 9.05. The number of aryl methyl sites for hydroxylation is 1. The molecule has 0 N–H and O–H groups in total. The van der Waals surface area contributed by atoms with Crippen molar-refractivity contribution in [1.82, 2.24) is 24.5 Å². The number of hydrogen-bond acceptors (Lipinski definition) is 7. The molecule has 0 unspecified atom stereocenters. The topological polar surface area (TPSA) is 75.1 Å². The fourth-order valence-corrected chi connectivity index (χ4v) is 4.61. The highest BCUT2D eigenvalue weighted by Crippen LogP contribution is 2.34. The SMILES string of the molecule is CCc1nnsc1C(=O)N1CCC[C@H](c2nc(N(C)C)ncc2-c2ccc(F)cc2)C1. The van der Waals surface area contributed by atoms with Gasteiger partial charge in [-0.15, -0.1) is 5.10 Å². The van der Waals surface area contributed by atoms with Gasteiger partial charge >= 0.3 is 0 Å². The molecule has 1 atom stereocenters. The van der Waals surface area contributed by atoms with Gasteiger partial charge in [0.25, 0.3) is 5.91 Å². The van der Waals surface area contributed by atoms with Crippen molar-refractivity contribution in [1.29, 1.82) is 0 Å². The molecule has 31 heavy (non-hydrogen) atoms. The molecule has 1 aliphatic rings. The van der Waals surface area contributed by atoms with Gasteiger partial charge in [0.15, 0.2) is 0 Å². The predicted molar refractivity (Wildman–Crippen MR) is 119 cm³/mol. The minimum Gasteiger partial charge on any atom is -0.347 e. The number of likely N-dealkylation sites (tertiary alicyclic amines) is 1. The zero-order valence-electron chi connectivity index (χ0n) is 17.9. The number of aromatic nitrogens is 4. The highest BCUT2D eigenvalue weighted by Gasteiger charge is 2.30. The van der Waals surface area contributed by atoms with Crippen LogP contribution in [0.4, 0.5) is 10.3 Å². The van der Waals surface area contributed by atoms with Crippen LogP contribution in [0.3, 0.4) is 0 Å². The molecule has 0 bridgehead atoms. The van der Waals surface area contributed by atoms with E-state index in [9.17, 15) is 9.18 Å². The first-order chi connectivity index (χ1) is 15.0. The number of carbonyl (C=O) groups excluding carboxylic acids is 1. The predicted octanol–water partition coefficient (Wildman–Crippen LogP) is 3.78. The molecular formula is C22H25FN6OS. The number of rotatable bonds is 5. The first-order valence-corrected chi connectivity index (χ1v) is 11.2. The highest BCUT2D eigenvalue weighted by molar-refractivity contribution is 7.08. The van der Waals surface area contributed by atoms with E-state index in [1.165, 1.54) is 12.1 Å². The molecule has 0 radical (unpaired) electrons. The average Bonchev–Trinajstić information content (AvgIpc) is 3.28. The molecule has 3 aromatic rings. The Bertz CT molecular complexity index is 1070. The largest absolute Gasteiger partial charge is 0.347 e. The molecular weight excluding hydrogens is 415 g/mol. The van der Waals surface area contributed by atoms with Crippen molar-refractivity contribution in [2.75, 3.05) is 32.1 Å². The first kappa shape index (κ1) is 21.3. The number of benzene rings is 1. The van der Waals surface area contributed by atoms with Crippen LogP contribution >= 0.6 is 11.5 Å². The lowest BCUT2D eigenvalue weighted by Gasteiger charge is -2.33. The van der Waals surface area contributed by atoms with E-state index in [4.69, 9.17) is 4.98 Å². The Kier molecular flexibility index (Phi) is 6.22. The summed E-state index contributed by atoms with van der Waals surface area (Å²) in [6.45, 7) is 3.25. The van der Waals surface area contributed by atoms with E-state index >= 15 is 0 Å². The van der Waals surface area contributed by atoms with E-state index < -0.39 is 0 Å². The van der Waals surface area contributed by atoms with Crippen LogP contribution in [0.2, 0.25) is 0 Å². The van der Waals surface area contributed by atoms with Crippen LogP contribution in [-0.4, -0.2) is 57.5 Å². The van der Waals surface area contributed by atoms with Crippen molar-refractivity contribution in [2.24, 2.45) is 0 Å². The number of anilines is 1. The zero-order chi connectivity index (χ0) is 22.0. The Morgan fingerprint density at radius 1 is 1.29 bits per heavy atom. The second-order valence-corrected chi connectivity index (χ2v) is 8.62.